The molecule has 0 saturated heterocycles. The summed E-state index contributed by atoms with van der Waals surface area (Å²) in [5.74, 6) is 0. The summed E-state index contributed by atoms with van der Waals surface area (Å²) >= 11 is 0. The van der Waals surface area contributed by atoms with Crippen LogP contribution in [0.25, 0.3) is 0 Å². The van der Waals surface area contributed by atoms with Crippen molar-refractivity contribution in [2.24, 2.45) is 0 Å². The summed E-state index contributed by atoms with van der Waals surface area (Å²) in [6.07, 6.45) is 1.95. The number of nitrogens with zero attached hydrogens (tertiary/aromatic N) is 3. The van der Waals surface area contributed by atoms with E-state index in [2.05, 4.69) is 58.3 Å². The third-order valence-electron chi connectivity index (χ3n) is 3.69. The van der Waals surface area contributed by atoms with E-state index in [4.69, 9.17) is 0 Å². The van der Waals surface area contributed by atoms with Crippen molar-refractivity contribution < 1.29 is 0 Å². The van der Waals surface area contributed by atoms with Gasteiger partial charge in [-0.2, -0.15) is 0 Å². The maximum absolute atomic E-state index is 4.57. The van der Waals surface area contributed by atoms with Gasteiger partial charge in [-0.15, -0.1) is 0 Å². The normalized spacial score (nSPS) is 12.2. The van der Waals surface area contributed by atoms with Crippen LogP contribution in [0.5, 0.6) is 0 Å². The fourth-order valence-corrected chi connectivity index (χ4v) is 2.26. The first-order chi connectivity index (χ1) is 10.1. The molecule has 2 heterocycles. The van der Waals surface area contributed by atoms with Gasteiger partial charge in [0.2, 0.25) is 0 Å². The van der Waals surface area contributed by atoms with Gasteiger partial charge in [0.25, 0.3) is 0 Å². The highest BCUT2D eigenvalue weighted by molar-refractivity contribution is 5.45. The maximum Gasteiger partial charge on any atom is 0.0602 e. The van der Waals surface area contributed by atoms with Gasteiger partial charge in [-0.25, -0.2) is 0 Å². The number of anilines is 1. The fourth-order valence-electron chi connectivity index (χ4n) is 2.26. The lowest BCUT2D eigenvalue weighted by Crippen LogP contribution is -2.23. The van der Waals surface area contributed by atoms with E-state index in [1.807, 2.05) is 26.2 Å². The van der Waals surface area contributed by atoms with E-state index in [1.54, 1.807) is 0 Å². The van der Waals surface area contributed by atoms with Crippen LogP contribution in [-0.4, -0.2) is 23.6 Å². The van der Waals surface area contributed by atoms with E-state index in [0.717, 1.165) is 35.9 Å². The summed E-state index contributed by atoms with van der Waals surface area (Å²) in [5.41, 5.74) is 4.34. The first-order valence-electron chi connectivity index (χ1n) is 7.44. The van der Waals surface area contributed by atoms with E-state index in [1.165, 1.54) is 0 Å². The molecular formula is C17H24N4. The quantitative estimate of drug-likeness (QED) is 0.885. The molecule has 1 atom stereocenters. The van der Waals surface area contributed by atoms with Gasteiger partial charge < -0.3 is 10.2 Å². The van der Waals surface area contributed by atoms with Gasteiger partial charge in [-0.1, -0.05) is 6.07 Å². The van der Waals surface area contributed by atoms with Gasteiger partial charge in [0.15, 0.2) is 0 Å². The summed E-state index contributed by atoms with van der Waals surface area (Å²) in [4.78, 5) is 11.4. The zero-order chi connectivity index (χ0) is 15.2. The smallest absolute Gasteiger partial charge is 0.0602 e. The SMILES string of the molecule is CCN(Cc1cccc(C)n1)c1ccc(C(C)NC)nc1. The molecule has 0 aliphatic rings. The Morgan fingerprint density at radius 1 is 1.24 bits per heavy atom. The number of nitrogens with one attached hydrogen (secondary N) is 1. The van der Waals surface area contributed by atoms with E-state index >= 15 is 0 Å². The molecule has 2 aromatic rings. The van der Waals surface area contributed by atoms with Crippen LogP contribution >= 0.6 is 0 Å². The van der Waals surface area contributed by atoms with Crippen LogP contribution in [0.15, 0.2) is 36.5 Å². The molecule has 0 aromatic carbocycles. The Morgan fingerprint density at radius 3 is 2.62 bits per heavy atom. The fraction of sp³-hybridized carbons (Fsp3) is 0.412. The second kappa shape index (κ2) is 7.18. The molecule has 2 aromatic heterocycles. The minimum Gasteiger partial charge on any atom is -0.365 e. The van der Waals surface area contributed by atoms with Crippen molar-refractivity contribution in [3.63, 3.8) is 0 Å². The summed E-state index contributed by atoms with van der Waals surface area (Å²) in [6, 6.07) is 10.6. The first kappa shape index (κ1) is 15.4. The van der Waals surface area contributed by atoms with Crippen LogP contribution < -0.4 is 10.2 Å². The highest BCUT2D eigenvalue weighted by Gasteiger charge is 2.09. The van der Waals surface area contributed by atoms with Crippen molar-refractivity contribution in [2.45, 2.75) is 33.4 Å². The molecule has 0 aliphatic carbocycles. The van der Waals surface area contributed by atoms with Crippen molar-refractivity contribution in [3.05, 3.63) is 53.6 Å². The van der Waals surface area contributed by atoms with Crippen molar-refractivity contribution in [3.8, 4) is 0 Å². The van der Waals surface area contributed by atoms with Gasteiger partial charge in [0.1, 0.15) is 0 Å². The summed E-state index contributed by atoms with van der Waals surface area (Å²) in [7, 11) is 1.95. The van der Waals surface area contributed by atoms with Crippen molar-refractivity contribution in [2.75, 3.05) is 18.5 Å². The average molecular weight is 284 g/mol. The number of hydrogen-bond acceptors (Lipinski definition) is 4. The minimum atomic E-state index is 0.271. The van der Waals surface area contributed by atoms with E-state index in [-0.39, 0.29) is 6.04 Å². The number of hydrogen-bond donors (Lipinski definition) is 1. The summed E-state index contributed by atoms with van der Waals surface area (Å²) in [5, 5.41) is 3.20. The number of rotatable bonds is 6. The number of aromatic nitrogens is 2. The van der Waals surface area contributed by atoms with Crippen molar-refractivity contribution >= 4 is 5.69 Å². The highest BCUT2D eigenvalue weighted by atomic mass is 15.1. The third-order valence-corrected chi connectivity index (χ3v) is 3.69. The Labute approximate surface area is 127 Å². The lowest BCUT2D eigenvalue weighted by Gasteiger charge is -2.23. The van der Waals surface area contributed by atoms with E-state index in [9.17, 15) is 0 Å². The highest BCUT2D eigenvalue weighted by Crippen LogP contribution is 2.18. The summed E-state index contributed by atoms with van der Waals surface area (Å²) in [6.45, 7) is 8.02. The molecule has 0 aliphatic heterocycles. The van der Waals surface area contributed by atoms with Gasteiger partial charge in [0, 0.05) is 18.3 Å². The van der Waals surface area contributed by atoms with Crippen molar-refractivity contribution in [1.29, 1.82) is 0 Å². The second-order valence-electron chi connectivity index (χ2n) is 5.24. The Kier molecular flexibility index (Phi) is 5.28. The van der Waals surface area contributed by atoms with Gasteiger partial charge in [0.05, 0.1) is 29.8 Å². The zero-order valence-electron chi connectivity index (χ0n) is 13.3. The molecular weight excluding hydrogens is 260 g/mol. The molecule has 0 saturated carbocycles. The van der Waals surface area contributed by atoms with Crippen molar-refractivity contribution in [1.82, 2.24) is 15.3 Å². The minimum absolute atomic E-state index is 0.271. The first-order valence-corrected chi connectivity index (χ1v) is 7.44. The van der Waals surface area contributed by atoms with Gasteiger partial charge in [-0.05, 0) is 52.1 Å². The van der Waals surface area contributed by atoms with Crippen LogP contribution in [0.2, 0.25) is 0 Å². The van der Waals surface area contributed by atoms with Crippen LogP contribution in [0.4, 0.5) is 5.69 Å². The number of aryl methyl sites for hydroxylation is 1. The van der Waals surface area contributed by atoms with Gasteiger partial charge >= 0.3 is 0 Å². The predicted octanol–water partition coefficient (Wildman–Crippen LogP) is 3.09. The third kappa shape index (κ3) is 4.02. The van der Waals surface area contributed by atoms with Crippen LogP contribution in [-0.2, 0) is 6.54 Å². The molecule has 0 fully saturated rings. The molecule has 4 nitrogen and oxygen atoms in total. The van der Waals surface area contributed by atoms with Gasteiger partial charge in [-0.3, -0.25) is 9.97 Å². The molecule has 112 valence electrons. The molecule has 1 N–H and O–H groups in total. The molecule has 4 heteroatoms. The molecule has 0 spiro atoms. The molecule has 0 amide bonds. The topological polar surface area (TPSA) is 41.1 Å². The van der Waals surface area contributed by atoms with Crippen LogP contribution in [0.1, 0.15) is 37.0 Å². The van der Waals surface area contributed by atoms with E-state index in [0.29, 0.717) is 0 Å². The molecule has 2 rings (SSSR count). The Morgan fingerprint density at radius 2 is 2.05 bits per heavy atom. The molecule has 1 unspecified atom stereocenters. The monoisotopic (exact) mass is 284 g/mol. The van der Waals surface area contributed by atoms with Crippen LogP contribution in [0, 0.1) is 6.92 Å². The van der Waals surface area contributed by atoms with Crippen LogP contribution in [0.3, 0.4) is 0 Å². The predicted molar refractivity (Wildman–Crippen MR) is 87.4 cm³/mol. The molecule has 0 bridgehead atoms. The largest absolute Gasteiger partial charge is 0.365 e. The number of pyridine rings is 2. The Hall–Kier alpha value is -1.94. The lowest BCUT2D eigenvalue weighted by atomic mass is 10.2. The lowest BCUT2D eigenvalue weighted by molar-refractivity contribution is 0.632. The zero-order valence-corrected chi connectivity index (χ0v) is 13.3. The standard InChI is InChI=1S/C17H24N4/c1-5-21(12-15-8-6-7-13(2)20-15)16-9-10-17(19-11-16)14(3)18-4/h6-11,14,18H,5,12H2,1-4H3. The average Bonchev–Trinajstić information content (AvgIpc) is 2.52. The molecule has 0 radical (unpaired) electrons. The summed E-state index contributed by atoms with van der Waals surface area (Å²) < 4.78 is 0. The Balaban J connectivity index is 2.14. The second-order valence-corrected chi connectivity index (χ2v) is 5.24. The molecule has 21 heavy (non-hydrogen) atoms. The maximum atomic E-state index is 4.57. The Bertz CT molecular complexity index is 565. The van der Waals surface area contributed by atoms with E-state index < -0.39 is 0 Å².